The number of sulfonamides is 1. The standard InChI is InChI=1S/C23H23N5O2S2/c1-17-13-14-18(2)21(15-17)28-23(25-26-27-28)31-22(19-9-5-3-6-10-19)16-24-32(29,30)20-11-7-4-8-12-20/h3-15,22,24H,16H2,1-2H3/t22-/m0/s1. The number of rotatable bonds is 8. The third-order valence-corrected chi connectivity index (χ3v) is 7.59. The van der Waals surface area contributed by atoms with Crippen molar-refractivity contribution in [2.75, 3.05) is 6.54 Å². The van der Waals surface area contributed by atoms with Crippen LogP contribution in [0, 0.1) is 13.8 Å². The Morgan fingerprint density at radius 1 is 0.969 bits per heavy atom. The molecule has 4 aromatic rings. The van der Waals surface area contributed by atoms with Gasteiger partial charge >= 0.3 is 0 Å². The second-order valence-corrected chi connectivity index (χ2v) is 10.3. The van der Waals surface area contributed by atoms with E-state index in [1.807, 2.05) is 62.4 Å². The second-order valence-electron chi connectivity index (χ2n) is 7.35. The second kappa shape index (κ2) is 9.64. The van der Waals surface area contributed by atoms with Gasteiger partial charge in [-0.05, 0) is 59.2 Å². The molecule has 0 spiro atoms. The fraction of sp³-hybridized carbons (Fsp3) is 0.174. The van der Waals surface area contributed by atoms with Gasteiger partial charge in [0.25, 0.3) is 0 Å². The molecule has 0 amide bonds. The molecule has 0 aliphatic heterocycles. The Hall–Kier alpha value is -3.01. The summed E-state index contributed by atoms with van der Waals surface area (Å²) in [4.78, 5) is 0.233. The van der Waals surface area contributed by atoms with E-state index in [-0.39, 0.29) is 16.7 Å². The third-order valence-electron chi connectivity index (χ3n) is 4.97. The van der Waals surface area contributed by atoms with Crippen LogP contribution in [0.5, 0.6) is 0 Å². The number of aryl methyl sites for hydroxylation is 2. The van der Waals surface area contributed by atoms with E-state index in [0.29, 0.717) is 5.16 Å². The molecule has 1 heterocycles. The highest BCUT2D eigenvalue weighted by atomic mass is 32.2. The summed E-state index contributed by atoms with van der Waals surface area (Å²) >= 11 is 1.42. The highest BCUT2D eigenvalue weighted by Crippen LogP contribution is 2.35. The lowest BCUT2D eigenvalue weighted by molar-refractivity contribution is 0.581. The minimum Gasteiger partial charge on any atom is -0.210 e. The summed E-state index contributed by atoms with van der Waals surface area (Å²) in [6, 6.07) is 24.2. The molecule has 0 saturated heterocycles. The average molecular weight is 466 g/mol. The molecule has 0 radical (unpaired) electrons. The fourth-order valence-corrected chi connectivity index (χ4v) is 5.45. The van der Waals surface area contributed by atoms with Crippen LogP contribution in [-0.4, -0.2) is 35.2 Å². The van der Waals surface area contributed by atoms with E-state index in [0.717, 1.165) is 22.4 Å². The minimum atomic E-state index is -3.64. The van der Waals surface area contributed by atoms with Gasteiger partial charge in [0, 0.05) is 6.54 Å². The van der Waals surface area contributed by atoms with E-state index in [2.05, 4.69) is 20.2 Å². The van der Waals surface area contributed by atoms with Crippen molar-refractivity contribution < 1.29 is 8.42 Å². The van der Waals surface area contributed by atoms with E-state index in [4.69, 9.17) is 0 Å². The lowest BCUT2D eigenvalue weighted by Gasteiger charge is -2.18. The van der Waals surface area contributed by atoms with Crippen molar-refractivity contribution in [3.63, 3.8) is 0 Å². The summed E-state index contributed by atoms with van der Waals surface area (Å²) < 4.78 is 30.0. The van der Waals surface area contributed by atoms with Crippen LogP contribution in [0.2, 0.25) is 0 Å². The first-order chi connectivity index (χ1) is 15.4. The first-order valence-electron chi connectivity index (χ1n) is 10.1. The lowest BCUT2D eigenvalue weighted by atomic mass is 10.1. The van der Waals surface area contributed by atoms with Crippen LogP contribution in [-0.2, 0) is 10.0 Å². The van der Waals surface area contributed by atoms with Gasteiger partial charge in [-0.3, -0.25) is 0 Å². The number of nitrogens with zero attached hydrogens (tertiary/aromatic N) is 4. The van der Waals surface area contributed by atoms with E-state index >= 15 is 0 Å². The number of tetrazole rings is 1. The molecule has 9 heteroatoms. The molecule has 1 atom stereocenters. The zero-order valence-corrected chi connectivity index (χ0v) is 19.3. The smallest absolute Gasteiger partial charge is 0.210 e. The van der Waals surface area contributed by atoms with E-state index in [1.54, 1.807) is 35.0 Å². The number of thioether (sulfide) groups is 1. The van der Waals surface area contributed by atoms with E-state index in [1.165, 1.54) is 11.8 Å². The fourth-order valence-electron chi connectivity index (χ4n) is 3.24. The minimum absolute atomic E-state index is 0.186. The van der Waals surface area contributed by atoms with Crippen molar-refractivity contribution in [3.8, 4) is 5.69 Å². The zero-order chi connectivity index (χ0) is 22.6. The van der Waals surface area contributed by atoms with E-state index < -0.39 is 10.0 Å². The van der Waals surface area contributed by atoms with Crippen molar-refractivity contribution in [1.29, 1.82) is 0 Å². The van der Waals surface area contributed by atoms with E-state index in [9.17, 15) is 8.42 Å². The molecular weight excluding hydrogens is 442 g/mol. The number of aromatic nitrogens is 4. The van der Waals surface area contributed by atoms with Gasteiger partial charge in [-0.1, -0.05) is 72.4 Å². The average Bonchev–Trinajstić information content (AvgIpc) is 3.27. The molecule has 0 unspecified atom stereocenters. The Labute approximate surface area is 191 Å². The number of hydrogen-bond acceptors (Lipinski definition) is 6. The molecule has 3 aromatic carbocycles. The monoisotopic (exact) mass is 465 g/mol. The Morgan fingerprint density at radius 2 is 1.66 bits per heavy atom. The van der Waals surface area contributed by atoms with Crippen molar-refractivity contribution >= 4 is 21.8 Å². The lowest BCUT2D eigenvalue weighted by Crippen LogP contribution is -2.27. The summed E-state index contributed by atoms with van der Waals surface area (Å²) in [5, 5.41) is 12.6. The SMILES string of the molecule is Cc1ccc(C)c(-n2nnnc2S[C@@H](CNS(=O)(=O)c2ccccc2)c2ccccc2)c1. The number of benzene rings is 3. The molecule has 1 N–H and O–H groups in total. The first kappa shape index (κ1) is 22.2. The summed E-state index contributed by atoms with van der Waals surface area (Å²) in [7, 11) is -3.64. The molecule has 4 rings (SSSR count). The number of nitrogens with one attached hydrogen (secondary N) is 1. The van der Waals surface area contributed by atoms with Crippen LogP contribution in [0.15, 0.2) is 88.9 Å². The molecule has 32 heavy (non-hydrogen) atoms. The Bertz CT molecular complexity index is 1290. The summed E-state index contributed by atoms with van der Waals surface area (Å²) in [5.74, 6) is 0. The van der Waals surface area contributed by atoms with Crippen molar-refractivity contribution in [1.82, 2.24) is 24.9 Å². The molecule has 0 saturated carbocycles. The van der Waals surface area contributed by atoms with Gasteiger partial charge in [0.15, 0.2) is 0 Å². The van der Waals surface area contributed by atoms with Gasteiger partial charge in [-0.15, -0.1) is 5.10 Å². The van der Waals surface area contributed by atoms with Crippen LogP contribution in [0.25, 0.3) is 5.69 Å². The zero-order valence-electron chi connectivity index (χ0n) is 17.7. The van der Waals surface area contributed by atoms with Crippen LogP contribution < -0.4 is 4.72 Å². The maximum atomic E-state index is 12.8. The van der Waals surface area contributed by atoms with Gasteiger partial charge in [-0.25, -0.2) is 13.1 Å². The summed E-state index contributed by atoms with van der Waals surface area (Å²) in [5.41, 5.74) is 4.02. The summed E-state index contributed by atoms with van der Waals surface area (Å²) in [6.07, 6.45) is 0. The highest BCUT2D eigenvalue weighted by molar-refractivity contribution is 7.99. The Balaban J connectivity index is 1.62. The third kappa shape index (κ3) is 5.07. The highest BCUT2D eigenvalue weighted by Gasteiger charge is 2.22. The molecule has 1 aromatic heterocycles. The van der Waals surface area contributed by atoms with Crippen molar-refractivity contribution in [2.24, 2.45) is 0 Å². The molecule has 164 valence electrons. The van der Waals surface area contributed by atoms with Crippen LogP contribution >= 0.6 is 11.8 Å². The predicted molar refractivity (Wildman–Crippen MR) is 125 cm³/mol. The summed E-state index contributed by atoms with van der Waals surface area (Å²) in [6.45, 7) is 4.21. The molecular formula is C23H23N5O2S2. The van der Waals surface area contributed by atoms with Crippen molar-refractivity contribution in [2.45, 2.75) is 29.1 Å². The van der Waals surface area contributed by atoms with Crippen LogP contribution in [0.3, 0.4) is 0 Å². The largest absolute Gasteiger partial charge is 0.240 e. The first-order valence-corrected chi connectivity index (χ1v) is 12.4. The van der Waals surface area contributed by atoms with Crippen molar-refractivity contribution in [3.05, 3.63) is 95.6 Å². The van der Waals surface area contributed by atoms with Gasteiger partial charge in [0.2, 0.25) is 15.2 Å². The quantitative estimate of drug-likeness (QED) is 0.394. The van der Waals surface area contributed by atoms with Gasteiger partial charge in [-0.2, -0.15) is 4.68 Å². The number of hydrogen-bond donors (Lipinski definition) is 1. The van der Waals surface area contributed by atoms with Crippen LogP contribution in [0.4, 0.5) is 0 Å². The predicted octanol–water partition coefficient (Wildman–Crippen LogP) is 4.09. The van der Waals surface area contributed by atoms with Crippen LogP contribution in [0.1, 0.15) is 21.9 Å². The maximum absolute atomic E-state index is 12.8. The Morgan fingerprint density at radius 3 is 2.38 bits per heavy atom. The molecule has 0 fully saturated rings. The van der Waals surface area contributed by atoms with Gasteiger partial charge in [0.1, 0.15) is 0 Å². The molecule has 0 aliphatic rings. The molecule has 0 aliphatic carbocycles. The molecule has 0 bridgehead atoms. The maximum Gasteiger partial charge on any atom is 0.240 e. The van der Waals surface area contributed by atoms with Gasteiger partial charge in [0.05, 0.1) is 15.8 Å². The molecule has 7 nitrogen and oxygen atoms in total. The normalized spacial score (nSPS) is 12.6. The Kier molecular flexibility index (Phi) is 6.69. The topological polar surface area (TPSA) is 89.8 Å². The van der Waals surface area contributed by atoms with Gasteiger partial charge < -0.3 is 0 Å².